The Hall–Kier alpha value is -3.53. The number of aliphatic carboxylic acids is 1. The van der Waals surface area contributed by atoms with E-state index in [-0.39, 0.29) is 12.4 Å². The molecule has 10 heteroatoms. The molecule has 0 atom stereocenters. The molecule has 2 aromatic carbocycles. The number of nitrogens with zero attached hydrogens (tertiary/aromatic N) is 3. The van der Waals surface area contributed by atoms with Gasteiger partial charge in [0.25, 0.3) is 0 Å². The van der Waals surface area contributed by atoms with E-state index in [1.165, 1.54) is 43.1 Å². The monoisotopic (exact) mass is 505 g/mol. The van der Waals surface area contributed by atoms with Crippen molar-refractivity contribution in [1.29, 1.82) is 0 Å². The summed E-state index contributed by atoms with van der Waals surface area (Å²) >= 11 is 0. The summed E-state index contributed by atoms with van der Waals surface area (Å²) in [5, 5.41) is 15.5. The molecule has 0 saturated carbocycles. The molecule has 0 unspecified atom stereocenters. The van der Waals surface area contributed by atoms with Crippen LogP contribution in [0.25, 0.3) is 0 Å². The quantitative estimate of drug-likeness (QED) is 0.424. The predicted octanol–water partition coefficient (Wildman–Crippen LogP) is 5.21. The number of hydrogen-bond acceptors (Lipinski definition) is 5. The molecule has 1 aliphatic rings. The zero-order valence-corrected chi connectivity index (χ0v) is 19.5. The molecule has 0 bridgehead atoms. The van der Waals surface area contributed by atoms with Crippen LogP contribution in [0.4, 0.5) is 17.6 Å². The average molecular weight is 506 g/mol. The van der Waals surface area contributed by atoms with E-state index < -0.39 is 12.1 Å². The highest BCUT2D eigenvalue weighted by Crippen LogP contribution is 2.16. The Morgan fingerprint density at radius 2 is 1.56 bits per heavy atom. The van der Waals surface area contributed by atoms with E-state index >= 15 is 0 Å². The summed E-state index contributed by atoms with van der Waals surface area (Å²) in [6.07, 6.45) is -0.682. The molecule has 192 valence electrons. The van der Waals surface area contributed by atoms with Gasteiger partial charge >= 0.3 is 12.1 Å². The maximum Gasteiger partial charge on any atom is 0.490 e. The molecule has 0 amide bonds. The minimum atomic E-state index is -5.08. The number of carboxylic acids is 1. The Morgan fingerprint density at radius 3 is 2.14 bits per heavy atom. The number of hydrogen-bond donors (Lipinski definition) is 1. The summed E-state index contributed by atoms with van der Waals surface area (Å²) in [7, 11) is 0. The molecule has 6 nitrogen and oxygen atoms in total. The molecule has 2 heterocycles. The highest BCUT2D eigenvalue weighted by atomic mass is 19.4. The lowest BCUT2D eigenvalue weighted by atomic mass is 10.1. The van der Waals surface area contributed by atoms with Crippen molar-refractivity contribution in [2.45, 2.75) is 45.0 Å². The second-order valence-electron chi connectivity index (χ2n) is 8.35. The van der Waals surface area contributed by atoms with Crippen LogP contribution in [-0.4, -0.2) is 45.4 Å². The Bertz CT molecular complexity index is 1100. The van der Waals surface area contributed by atoms with Gasteiger partial charge in [0.05, 0.1) is 5.69 Å². The number of aromatic nitrogens is 2. The van der Waals surface area contributed by atoms with Crippen molar-refractivity contribution in [3.8, 4) is 5.88 Å². The van der Waals surface area contributed by atoms with Crippen LogP contribution in [-0.2, 0) is 30.8 Å². The average Bonchev–Trinajstić information content (AvgIpc) is 3.37. The van der Waals surface area contributed by atoms with Gasteiger partial charge in [-0.25, -0.2) is 9.18 Å². The van der Waals surface area contributed by atoms with Crippen LogP contribution in [0.3, 0.4) is 0 Å². The smallest absolute Gasteiger partial charge is 0.475 e. The van der Waals surface area contributed by atoms with Gasteiger partial charge in [-0.2, -0.15) is 18.3 Å². The maximum absolute atomic E-state index is 13.6. The first-order chi connectivity index (χ1) is 17.2. The van der Waals surface area contributed by atoms with Gasteiger partial charge in [-0.3, -0.25) is 4.90 Å². The Kier molecular flexibility index (Phi) is 9.75. The minimum absolute atomic E-state index is 0.143. The van der Waals surface area contributed by atoms with E-state index in [9.17, 15) is 17.6 Å². The number of halogens is 4. The Morgan fingerprint density at radius 1 is 0.917 bits per heavy atom. The molecular weight excluding hydrogens is 478 g/mol. The van der Waals surface area contributed by atoms with Gasteiger partial charge in [0.2, 0.25) is 5.88 Å². The third kappa shape index (κ3) is 8.92. The molecule has 4 rings (SSSR count). The Balaban J connectivity index is 0.000000454. The van der Waals surface area contributed by atoms with Crippen molar-refractivity contribution in [2.75, 3.05) is 13.1 Å². The van der Waals surface area contributed by atoms with Gasteiger partial charge in [0.1, 0.15) is 12.4 Å². The summed E-state index contributed by atoms with van der Waals surface area (Å²) in [5.41, 5.74) is 4.11. The lowest BCUT2D eigenvalue weighted by molar-refractivity contribution is -0.192. The van der Waals surface area contributed by atoms with Crippen LogP contribution in [0.1, 0.15) is 35.2 Å². The van der Waals surface area contributed by atoms with Gasteiger partial charge < -0.3 is 9.84 Å². The van der Waals surface area contributed by atoms with Gasteiger partial charge in [-0.1, -0.05) is 42.5 Å². The molecule has 1 fully saturated rings. The zero-order valence-electron chi connectivity index (χ0n) is 19.5. The molecule has 36 heavy (non-hydrogen) atoms. The number of benzene rings is 2. The van der Waals surface area contributed by atoms with E-state index in [4.69, 9.17) is 14.6 Å². The van der Waals surface area contributed by atoms with Crippen LogP contribution in [0.15, 0.2) is 60.7 Å². The molecule has 0 spiro atoms. The van der Waals surface area contributed by atoms with E-state index in [0.29, 0.717) is 11.4 Å². The highest BCUT2D eigenvalue weighted by molar-refractivity contribution is 5.73. The third-order valence-electron chi connectivity index (χ3n) is 5.57. The molecule has 1 N–H and O–H groups in total. The molecule has 1 aliphatic heterocycles. The second kappa shape index (κ2) is 13.0. The second-order valence-corrected chi connectivity index (χ2v) is 8.35. The summed E-state index contributed by atoms with van der Waals surface area (Å²) in [4.78, 5) is 11.4. The van der Waals surface area contributed by atoms with E-state index in [2.05, 4.69) is 39.4 Å². The number of rotatable bonds is 8. The fraction of sp³-hybridized carbons (Fsp3) is 0.346. The van der Waals surface area contributed by atoms with Gasteiger partial charge in [0, 0.05) is 18.2 Å². The van der Waals surface area contributed by atoms with Crippen LogP contribution in [0.5, 0.6) is 5.88 Å². The maximum atomic E-state index is 13.6. The first kappa shape index (κ1) is 27.1. The normalized spacial score (nSPS) is 13.7. The van der Waals surface area contributed by atoms with Crippen molar-refractivity contribution in [1.82, 2.24) is 15.1 Å². The van der Waals surface area contributed by atoms with Crippen molar-refractivity contribution in [3.63, 3.8) is 0 Å². The lowest BCUT2D eigenvalue weighted by Gasteiger charge is -2.14. The number of alkyl halides is 3. The van der Waals surface area contributed by atoms with Gasteiger partial charge in [-0.05, 0) is 62.0 Å². The topological polar surface area (TPSA) is 75.5 Å². The van der Waals surface area contributed by atoms with E-state index in [0.717, 1.165) is 25.1 Å². The number of aryl methyl sites for hydroxylation is 2. The fourth-order valence-electron chi connectivity index (χ4n) is 3.61. The predicted molar refractivity (Wildman–Crippen MR) is 125 cm³/mol. The minimum Gasteiger partial charge on any atom is -0.475 e. The lowest BCUT2D eigenvalue weighted by Crippen LogP contribution is -2.21. The molecular formula is C26H27F4N3O3. The summed E-state index contributed by atoms with van der Waals surface area (Å²) in [6, 6.07) is 19.2. The van der Waals surface area contributed by atoms with Gasteiger partial charge in [-0.15, -0.1) is 5.10 Å². The summed E-state index contributed by atoms with van der Waals surface area (Å²) in [5.74, 6) is -2.63. The van der Waals surface area contributed by atoms with Crippen LogP contribution < -0.4 is 4.74 Å². The molecule has 0 radical (unpaired) electrons. The SMILES string of the molecule is Fc1ccccc1COc1ccc(CCc2ccc(CN3CCCC3)cc2)nn1.O=C(O)C(F)(F)F. The highest BCUT2D eigenvalue weighted by Gasteiger charge is 2.38. The largest absolute Gasteiger partial charge is 0.490 e. The van der Waals surface area contributed by atoms with Crippen molar-refractivity contribution in [2.24, 2.45) is 0 Å². The van der Waals surface area contributed by atoms with Crippen LogP contribution in [0.2, 0.25) is 0 Å². The first-order valence-corrected chi connectivity index (χ1v) is 11.5. The third-order valence-corrected chi connectivity index (χ3v) is 5.57. The van der Waals surface area contributed by atoms with Crippen molar-refractivity contribution in [3.05, 3.63) is 88.9 Å². The molecule has 1 saturated heterocycles. The zero-order chi connectivity index (χ0) is 26.0. The fourth-order valence-corrected chi connectivity index (χ4v) is 3.61. The van der Waals surface area contributed by atoms with Crippen molar-refractivity contribution >= 4 is 5.97 Å². The van der Waals surface area contributed by atoms with Crippen molar-refractivity contribution < 1.29 is 32.2 Å². The van der Waals surface area contributed by atoms with E-state index in [1.54, 1.807) is 24.3 Å². The Labute approximate surface area is 206 Å². The first-order valence-electron chi connectivity index (χ1n) is 11.5. The number of carbonyl (C=O) groups is 1. The number of ether oxygens (including phenoxy) is 1. The summed E-state index contributed by atoms with van der Waals surface area (Å²) < 4.78 is 50.9. The van der Waals surface area contributed by atoms with Crippen LogP contribution in [0, 0.1) is 5.82 Å². The summed E-state index contributed by atoms with van der Waals surface area (Å²) in [6.45, 7) is 3.64. The van der Waals surface area contributed by atoms with Crippen LogP contribution >= 0.6 is 0 Å². The number of likely N-dealkylation sites (tertiary alicyclic amines) is 1. The molecule has 1 aromatic heterocycles. The van der Waals surface area contributed by atoms with E-state index in [1.807, 2.05) is 6.07 Å². The molecule has 0 aliphatic carbocycles. The number of carboxylic acid groups (broad SMARTS) is 1. The standard InChI is InChI=1S/C24H26FN3O.C2HF3O2/c25-23-6-2-1-5-21(23)18-29-24-14-13-22(26-27-24)12-11-19-7-9-20(10-8-19)17-28-15-3-4-16-28;3-2(4,5)1(6)7/h1-2,5-10,13-14H,3-4,11-12,15-18H2;(H,6,7). The molecule has 3 aromatic rings. The van der Waals surface area contributed by atoms with Gasteiger partial charge in [0.15, 0.2) is 0 Å².